The summed E-state index contributed by atoms with van der Waals surface area (Å²) in [5.74, 6) is 0.383. The first-order valence-electron chi connectivity index (χ1n) is 9.54. The molecule has 1 amide bonds. The van der Waals surface area contributed by atoms with Crippen LogP contribution in [-0.4, -0.2) is 45.6 Å². The molecular weight excluding hydrogens is 375 g/mol. The van der Waals surface area contributed by atoms with Gasteiger partial charge in [0.15, 0.2) is 17.4 Å². The van der Waals surface area contributed by atoms with E-state index in [0.29, 0.717) is 42.4 Å². The molecule has 0 radical (unpaired) electrons. The number of ether oxygens (including phenoxy) is 1. The van der Waals surface area contributed by atoms with Crippen molar-refractivity contribution in [3.8, 4) is 17.3 Å². The van der Waals surface area contributed by atoms with Crippen molar-refractivity contribution in [3.63, 3.8) is 0 Å². The SMILES string of the molecule is COc1ccc(C(=O)N2CCCC2CCc2noc(-c3ccccn3)n2)cc1F. The van der Waals surface area contributed by atoms with Crippen LogP contribution in [0.2, 0.25) is 0 Å². The number of methoxy groups -OCH3 is 1. The first-order chi connectivity index (χ1) is 14.2. The second-order valence-electron chi connectivity index (χ2n) is 6.91. The van der Waals surface area contributed by atoms with Gasteiger partial charge >= 0.3 is 0 Å². The van der Waals surface area contributed by atoms with Gasteiger partial charge in [-0.2, -0.15) is 4.98 Å². The molecule has 29 heavy (non-hydrogen) atoms. The highest BCUT2D eigenvalue weighted by Crippen LogP contribution is 2.26. The van der Waals surface area contributed by atoms with Crippen LogP contribution in [-0.2, 0) is 6.42 Å². The Morgan fingerprint density at radius 3 is 3.00 bits per heavy atom. The summed E-state index contributed by atoms with van der Waals surface area (Å²) in [5, 5.41) is 4.02. The number of hydrogen-bond acceptors (Lipinski definition) is 6. The fourth-order valence-corrected chi connectivity index (χ4v) is 3.61. The predicted octanol–water partition coefficient (Wildman–Crippen LogP) is 3.52. The first kappa shape index (κ1) is 19.0. The Labute approximate surface area is 167 Å². The number of halogens is 1. The number of amides is 1. The van der Waals surface area contributed by atoms with Crippen LogP contribution in [0.5, 0.6) is 5.75 Å². The molecule has 150 valence electrons. The summed E-state index contributed by atoms with van der Waals surface area (Å²) in [4.78, 5) is 23.3. The lowest BCUT2D eigenvalue weighted by molar-refractivity contribution is 0.0729. The molecule has 3 heterocycles. The van der Waals surface area contributed by atoms with Gasteiger partial charge in [0, 0.05) is 30.8 Å². The Balaban J connectivity index is 1.41. The summed E-state index contributed by atoms with van der Waals surface area (Å²) in [7, 11) is 1.40. The van der Waals surface area contributed by atoms with E-state index < -0.39 is 5.82 Å². The molecule has 0 N–H and O–H groups in total. The molecule has 0 spiro atoms. The number of aryl methyl sites for hydroxylation is 1. The number of carbonyl (C=O) groups is 1. The summed E-state index contributed by atoms with van der Waals surface area (Å²) in [6, 6.07) is 9.85. The van der Waals surface area contributed by atoms with Crippen LogP contribution in [0.3, 0.4) is 0 Å². The van der Waals surface area contributed by atoms with Crippen molar-refractivity contribution < 1.29 is 18.4 Å². The molecule has 2 aromatic heterocycles. The van der Waals surface area contributed by atoms with E-state index in [2.05, 4.69) is 15.1 Å². The van der Waals surface area contributed by atoms with Crippen LogP contribution in [0, 0.1) is 5.82 Å². The third-order valence-electron chi connectivity index (χ3n) is 5.09. The molecule has 0 saturated carbocycles. The Morgan fingerprint density at radius 1 is 1.34 bits per heavy atom. The fraction of sp³-hybridized carbons (Fsp3) is 0.333. The van der Waals surface area contributed by atoms with Crippen LogP contribution >= 0.6 is 0 Å². The van der Waals surface area contributed by atoms with Gasteiger partial charge in [0.2, 0.25) is 0 Å². The number of carbonyl (C=O) groups excluding carboxylic acids is 1. The molecule has 1 unspecified atom stereocenters. The van der Waals surface area contributed by atoms with E-state index >= 15 is 0 Å². The number of pyridine rings is 1. The quantitative estimate of drug-likeness (QED) is 0.634. The molecule has 0 aliphatic carbocycles. The van der Waals surface area contributed by atoms with Crippen LogP contribution in [0.1, 0.15) is 35.4 Å². The van der Waals surface area contributed by atoms with Crippen molar-refractivity contribution in [2.24, 2.45) is 0 Å². The van der Waals surface area contributed by atoms with Gasteiger partial charge in [-0.25, -0.2) is 4.39 Å². The van der Waals surface area contributed by atoms with Gasteiger partial charge in [0.05, 0.1) is 7.11 Å². The molecule has 1 atom stereocenters. The number of nitrogens with zero attached hydrogens (tertiary/aromatic N) is 4. The maximum atomic E-state index is 14.0. The van der Waals surface area contributed by atoms with Gasteiger partial charge in [-0.05, 0) is 49.6 Å². The number of benzene rings is 1. The lowest BCUT2D eigenvalue weighted by atomic mass is 10.1. The molecule has 8 heteroatoms. The van der Waals surface area contributed by atoms with Crippen LogP contribution in [0.4, 0.5) is 4.39 Å². The smallest absolute Gasteiger partial charge is 0.276 e. The molecule has 1 aromatic carbocycles. The van der Waals surface area contributed by atoms with Crippen molar-refractivity contribution in [2.45, 2.75) is 31.7 Å². The summed E-state index contributed by atoms with van der Waals surface area (Å²) < 4.78 is 24.2. The molecule has 1 saturated heterocycles. The lowest BCUT2D eigenvalue weighted by Gasteiger charge is -2.24. The van der Waals surface area contributed by atoms with E-state index in [-0.39, 0.29) is 17.7 Å². The maximum absolute atomic E-state index is 14.0. The van der Waals surface area contributed by atoms with Crippen molar-refractivity contribution >= 4 is 5.91 Å². The zero-order chi connectivity index (χ0) is 20.2. The van der Waals surface area contributed by atoms with Gasteiger partial charge in [0.1, 0.15) is 5.69 Å². The molecule has 7 nitrogen and oxygen atoms in total. The largest absolute Gasteiger partial charge is 0.494 e. The number of rotatable bonds is 6. The third-order valence-corrected chi connectivity index (χ3v) is 5.09. The van der Waals surface area contributed by atoms with Crippen LogP contribution < -0.4 is 4.74 Å². The van der Waals surface area contributed by atoms with E-state index in [0.717, 1.165) is 12.8 Å². The monoisotopic (exact) mass is 396 g/mol. The van der Waals surface area contributed by atoms with E-state index in [9.17, 15) is 9.18 Å². The van der Waals surface area contributed by atoms with Crippen molar-refractivity contribution in [1.29, 1.82) is 0 Å². The van der Waals surface area contributed by atoms with E-state index in [1.54, 1.807) is 17.2 Å². The molecule has 3 aromatic rings. The molecule has 1 fully saturated rings. The Bertz CT molecular complexity index is 993. The Kier molecular flexibility index (Phi) is 5.50. The van der Waals surface area contributed by atoms with E-state index in [4.69, 9.17) is 9.26 Å². The topological polar surface area (TPSA) is 81.4 Å². The fourth-order valence-electron chi connectivity index (χ4n) is 3.61. The zero-order valence-corrected chi connectivity index (χ0v) is 16.0. The molecule has 0 bridgehead atoms. The Hall–Kier alpha value is -3.29. The number of aromatic nitrogens is 3. The number of likely N-dealkylation sites (tertiary alicyclic amines) is 1. The van der Waals surface area contributed by atoms with Crippen LogP contribution in [0.25, 0.3) is 11.6 Å². The van der Waals surface area contributed by atoms with Gasteiger partial charge in [0.25, 0.3) is 11.8 Å². The summed E-state index contributed by atoms with van der Waals surface area (Å²) >= 11 is 0. The minimum atomic E-state index is -0.539. The highest BCUT2D eigenvalue weighted by molar-refractivity contribution is 5.94. The normalized spacial score (nSPS) is 16.2. The minimum absolute atomic E-state index is 0.0597. The zero-order valence-electron chi connectivity index (χ0n) is 16.0. The minimum Gasteiger partial charge on any atom is -0.494 e. The van der Waals surface area contributed by atoms with Gasteiger partial charge in [-0.15, -0.1) is 0 Å². The van der Waals surface area contributed by atoms with E-state index in [1.807, 2.05) is 18.2 Å². The summed E-state index contributed by atoms with van der Waals surface area (Å²) in [5.41, 5.74) is 0.956. The lowest BCUT2D eigenvalue weighted by Crippen LogP contribution is -2.35. The van der Waals surface area contributed by atoms with Crippen LogP contribution in [0.15, 0.2) is 47.1 Å². The first-order valence-corrected chi connectivity index (χ1v) is 9.54. The van der Waals surface area contributed by atoms with E-state index in [1.165, 1.54) is 19.2 Å². The van der Waals surface area contributed by atoms with Crippen molar-refractivity contribution in [1.82, 2.24) is 20.0 Å². The standard InChI is InChI=1S/C21H21FN4O3/c1-28-18-9-7-14(13-16(18)22)21(27)26-12-4-5-15(26)8-10-19-24-20(29-25-19)17-6-2-3-11-23-17/h2-3,6-7,9,11,13,15H,4-5,8,10,12H2,1H3. The van der Waals surface area contributed by atoms with Gasteiger partial charge in [-0.3, -0.25) is 9.78 Å². The summed E-state index contributed by atoms with van der Waals surface area (Å²) in [6.07, 6.45) is 4.78. The van der Waals surface area contributed by atoms with Gasteiger partial charge in [-0.1, -0.05) is 11.2 Å². The van der Waals surface area contributed by atoms with Crippen molar-refractivity contribution in [3.05, 3.63) is 59.8 Å². The second-order valence-corrected chi connectivity index (χ2v) is 6.91. The maximum Gasteiger partial charge on any atom is 0.276 e. The highest BCUT2D eigenvalue weighted by Gasteiger charge is 2.30. The second kappa shape index (κ2) is 8.38. The number of hydrogen-bond donors (Lipinski definition) is 0. The molecule has 4 rings (SSSR count). The third kappa shape index (κ3) is 4.11. The predicted molar refractivity (Wildman–Crippen MR) is 103 cm³/mol. The highest BCUT2D eigenvalue weighted by atomic mass is 19.1. The summed E-state index contributed by atoms with van der Waals surface area (Å²) in [6.45, 7) is 0.655. The average molecular weight is 396 g/mol. The Morgan fingerprint density at radius 2 is 2.24 bits per heavy atom. The molecule has 1 aliphatic heterocycles. The average Bonchev–Trinajstić information content (AvgIpc) is 3.42. The molecular formula is C21H21FN4O3. The van der Waals surface area contributed by atoms with Gasteiger partial charge < -0.3 is 14.2 Å². The molecule has 1 aliphatic rings. The van der Waals surface area contributed by atoms with Crippen molar-refractivity contribution in [2.75, 3.05) is 13.7 Å².